The first-order valence-electron chi connectivity index (χ1n) is 8.45. The third-order valence-electron chi connectivity index (χ3n) is 5.97. The number of benzene rings is 1. The van der Waals surface area contributed by atoms with Gasteiger partial charge in [0, 0.05) is 10.9 Å². The van der Waals surface area contributed by atoms with Crippen LogP contribution >= 0.6 is 15.9 Å². The summed E-state index contributed by atoms with van der Waals surface area (Å²) in [5.74, 6) is -1.92. The van der Waals surface area contributed by atoms with E-state index >= 15 is 0 Å². The van der Waals surface area contributed by atoms with Gasteiger partial charge in [-0.2, -0.15) is 15.8 Å². The van der Waals surface area contributed by atoms with E-state index in [0.717, 1.165) is 17.3 Å². The molecule has 2 aliphatic heterocycles. The van der Waals surface area contributed by atoms with Gasteiger partial charge in [-0.3, -0.25) is 5.41 Å². The van der Waals surface area contributed by atoms with Gasteiger partial charge in [-0.1, -0.05) is 34.5 Å². The summed E-state index contributed by atoms with van der Waals surface area (Å²) in [7, 11) is 0. The van der Waals surface area contributed by atoms with Crippen LogP contribution in [-0.4, -0.2) is 11.7 Å². The monoisotopic (exact) mass is 410 g/mol. The minimum absolute atomic E-state index is 0.313. The van der Waals surface area contributed by atoms with Gasteiger partial charge in [0.2, 0.25) is 17.1 Å². The Bertz CT molecular complexity index is 913. The molecule has 3 fully saturated rings. The summed E-state index contributed by atoms with van der Waals surface area (Å²) >= 11 is 3.41. The lowest BCUT2D eigenvalue weighted by Crippen LogP contribution is -2.60. The zero-order chi connectivity index (χ0) is 18.6. The Kier molecular flexibility index (Phi) is 3.63. The van der Waals surface area contributed by atoms with Gasteiger partial charge in [-0.25, -0.2) is 0 Å². The van der Waals surface area contributed by atoms with Crippen LogP contribution in [0.4, 0.5) is 0 Å². The standard InChI is InChI=1S/C19H15BrN4O2/c20-13-5-3-4-12(8-13)15-17(9-21,10-22)18(11-23)14-6-1-2-7-19(14,25-15)26-16(18)24/h3-5,8,14-15,24H,1-2,6-7H2/t14-,15-,18+,19-/m1/s1. The van der Waals surface area contributed by atoms with Crippen molar-refractivity contribution < 1.29 is 9.47 Å². The summed E-state index contributed by atoms with van der Waals surface area (Å²) in [6, 6.07) is 13.5. The first kappa shape index (κ1) is 17.0. The van der Waals surface area contributed by atoms with E-state index in [0.29, 0.717) is 18.4 Å². The third kappa shape index (κ3) is 1.79. The molecule has 2 bridgehead atoms. The van der Waals surface area contributed by atoms with Crippen molar-refractivity contribution in [1.29, 1.82) is 21.2 Å². The highest BCUT2D eigenvalue weighted by Gasteiger charge is 2.80. The molecule has 2 heterocycles. The fourth-order valence-corrected chi connectivity index (χ4v) is 5.25. The number of nitrogens with zero attached hydrogens (tertiary/aromatic N) is 3. The van der Waals surface area contributed by atoms with Crippen molar-refractivity contribution in [2.75, 3.05) is 0 Å². The van der Waals surface area contributed by atoms with E-state index in [1.807, 2.05) is 6.07 Å². The molecule has 130 valence electrons. The normalized spacial score (nSPS) is 36.8. The second-order valence-electron chi connectivity index (χ2n) is 7.05. The second-order valence-corrected chi connectivity index (χ2v) is 7.96. The maximum absolute atomic E-state index is 10.2. The van der Waals surface area contributed by atoms with Gasteiger partial charge in [-0.05, 0) is 30.5 Å². The molecule has 1 aliphatic carbocycles. The quantitative estimate of drug-likeness (QED) is 0.752. The summed E-state index contributed by atoms with van der Waals surface area (Å²) in [6.07, 6.45) is 1.85. The van der Waals surface area contributed by atoms with Crippen LogP contribution in [-0.2, 0) is 9.47 Å². The molecule has 1 aromatic rings. The first-order valence-corrected chi connectivity index (χ1v) is 9.24. The van der Waals surface area contributed by atoms with Gasteiger partial charge in [0.15, 0.2) is 5.41 Å². The smallest absolute Gasteiger partial charge is 0.217 e. The maximum Gasteiger partial charge on any atom is 0.217 e. The third-order valence-corrected chi connectivity index (χ3v) is 6.46. The highest BCUT2D eigenvalue weighted by Crippen LogP contribution is 2.69. The first-order chi connectivity index (χ1) is 12.5. The highest BCUT2D eigenvalue weighted by atomic mass is 79.9. The number of nitrogens with one attached hydrogen (secondary N) is 1. The van der Waals surface area contributed by atoms with Crippen LogP contribution in [0.1, 0.15) is 37.4 Å². The van der Waals surface area contributed by atoms with E-state index in [4.69, 9.17) is 14.9 Å². The second kappa shape index (κ2) is 5.55. The fourth-order valence-electron chi connectivity index (χ4n) is 4.83. The summed E-state index contributed by atoms with van der Waals surface area (Å²) in [5.41, 5.74) is -2.88. The molecule has 0 radical (unpaired) electrons. The van der Waals surface area contributed by atoms with Crippen molar-refractivity contribution in [3.63, 3.8) is 0 Å². The molecule has 0 spiro atoms. The zero-order valence-corrected chi connectivity index (χ0v) is 15.4. The van der Waals surface area contributed by atoms with Crippen LogP contribution in [0.15, 0.2) is 28.7 Å². The Morgan fingerprint density at radius 3 is 2.58 bits per heavy atom. The average molecular weight is 411 g/mol. The predicted molar refractivity (Wildman–Crippen MR) is 93.2 cm³/mol. The summed E-state index contributed by atoms with van der Waals surface area (Å²) in [5, 5.41) is 38.8. The van der Waals surface area contributed by atoms with E-state index in [2.05, 4.69) is 34.1 Å². The highest BCUT2D eigenvalue weighted by molar-refractivity contribution is 9.10. The molecule has 2 saturated heterocycles. The largest absolute Gasteiger partial charge is 0.447 e. The van der Waals surface area contributed by atoms with Crippen LogP contribution in [0.2, 0.25) is 0 Å². The molecule has 1 N–H and O–H groups in total. The topological polar surface area (TPSA) is 114 Å². The number of nitriles is 3. The van der Waals surface area contributed by atoms with Crippen LogP contribution in [0, 0.1) is 56.2 Å². The van der Waals surface area contributed by atoms with Crippen molar-refractivity contribution >= 4 is 21.8 Å². The minimum atomic E-state index is -1.86. The average Bonchev–Trinajstić information content (AvgIpc) is 2.86. The molecule has 0 amide bonds. The Labute approximate surface area is 159 Å². The molecule has 7 heteroatoms. The lowest BCUT2D eigenvalue weighted by atomic mass is 9.51. The van der Waals surface area contributed by atoms with Crippen molar-refractivity contribution in [2.24, 2.45) is 16.7 Å². The van der Waals surface area contributed by atoms with Crippen molar-refractivity contribution in [3.05, 3.63) is 34.3 Å². The molecule has 26 heavy (non-hydrogen) atoms. The number of halogens is 1. The summed E-state index contributed by atoms with van der Waals surface area (Å²) < 4.78 is 12.9. The van der Waals surface area contributed by atoms with E-state index in [1.54, 1.807) is 18.2 Å². The van der Waals surface area contributed by atoms with Gasteiger partial charge in [0.25, 0.3) is 0 Å². The molecule has 3 aliphatic rings. The Morgan fingerprint density at radius 2 is 1.92 bits per heavy atom. The van der Waals surface area contributed by atoms with Gasteiger partial charge >= 0.3 is 0 Å². The number of hydrogen-bond donors (Lipinski definition) is 1. The molecular formula is C19H15BrN4O2. The van der Waals surface area contributed by atoms with E-state index in [1.165, 1.54) is 0 Å². The van der Waals surface area contributed by atoms with E-state index < -0.39 is 28.6 Å². The summed E-state index contributed by atoms with van der Waals surface area (Å²) in [6.45, 7) is 0. The molecule has 1 aromatic carbocycles. The minimum Gasteiger partial charge on any atom is -0.447 e. The molecule has 0 unspecified atom stereocenters. The number of rotatable bonds is 1. The Hall–Kier alpha value is -2.40. The van der Waals surface area contributed by atoms with Crippen LogP contribution in [0.25, 0.3) is 0 Å². The van der Waals surface area contributed by atoms with Crippen LogP contribution in [0.5, 0.6) is 0 Å². The lowest BCUT2D eigenvalue weighted by molar-refractivity contribution is -0.294. The van der Waals surface area contributed by atoms with Crippen molar-refractivity contribution in [1.82, 2.24) is 0 Å². The van der Waals surface area contributed by atoms with E-state index in [-0.39, 0.29) is 5.90 Å². The fraction of sp³-hybridized carbons (Fsp3) is 0.474. The van der Waals surface area contributed by atoms with Crippen LogP contribution in [0.3, 0.4) is 0 Å². The molecular weight excluding hydrogens is 396 g/mol. The molecule has 1 saturated carbocycles. The molecule has 0 aromatic heterocycles. The maximum atomic E-state index is 10.2. The van der Waals surface area contributed by atoms with Crippen molar-refractivity contribution in [3.8, 4) is 18.2 Å². The van der Waals surface area contributed by atoms with Crippen LogP contribution < -0.4 is 0 Å². The van der Waals surface area contributed by atoms with Gasteiger partial charge in [0.05, 0.1) is 24.1 Å². The Morgan fingerprint density at radius 1 is 1.15 bits per heavy atom. The molecule has 6 nitrogen and oxygen atoms in total. The number of hydrogen-bond acceptors (Lipinski definition) is 6. The summed E-state index contributed by atoms with van der Waals surface area (Å²) in [4.78, 5) is 0. The predicted octanol–water partition coefficient (Wildman–Crippen LogP) is 3.96. The molecule has 4 atom stereocenters. The lowest BCUT2D eigenvalue weighted by Gasteiger charge is -2.51. The zero-order valence-electron chi connectivity index (χ0n) is 13.8. The molecule has 4 rings (SSSR count). The van der Waals surface area contributed by atoms with Gasteiger partial charge in [0.1, 0.15) is 6.10 Å². The van der Waals surface area contributed by atoms with Gasteiger partial charge in [-0.15, -0.1) is 0 Å². The SMILES string of the molecule is N#CC1(C#N)[C@@H](c2cccc(Br)c2)O[C@@]23CCCC[C@@H]2[C@@]1(C#N)C(=N)O3. The number of ether oxygens (including phenoxy) is 2. The van der Waals surface area contributed by atoms with E-state index in [9.17, 15) is 15.8 Å². The Balaban J connectivity index is 2.01. The van der Waals surface area contributed by atoms with Crippen molar-refractivity contribution in [2.45, 2.75) is 37.6 Å². The van der Waals surface area contributed by atoms with Gasteiger partial charge < -0.3 is 9.47 Å².